The summed E-state index contributed by atoms with van der Waals surface area (Å²) in [4.78, 5) is 9.80. The minimum atomic E-state index is -4.03. The van der Waals surface area contributed by atoms with Crippen LogP contribution < -0.4 is 0 Å². The molecule has 0 amide bonds. The maximum absolute atomic E-state index is 12.0. The first-order chi connectivity index (χ1) is 15.7. The van der Waals surface area contributed by atoms with Gasteiger partial charge in [-0.1, -0.05) is 84.0 Å². The number of unbranched alkanes of at least 4 members (excludes halogenated alkanes) is 13. The van der Waals surface area contributed by atoms with Gasteiger partial charge in [0, 0.05) is 0 Å². The Balaban J connectivity index is 3.53. The van der Waals surface area contributed by atoms with E-state index >= 15 is 0 Å². The standard InChI is InChI=1S/C25H54AsO6P/c1-6-7-8-9-10-11-12-13-14-15-16-17-18-19-21-30-23-25(29-5)24-32-33(27,28)31-22-20-26(2,3)4/h25H,6-24H2,1-5H3/p+1. The second-order valence-corrected chi connectivity index (χ2v) is 22.1. The van der Waals surface area contributed by atoms with Crippen LogP contribution in [-0.2, 0) is 23.1 Å². The third-order valence-corrected chi connectivity index (χ3v) is 9.90. The second kappa shape index (κ2) is 21.8. The average molecular weight is 558 g/mol. The molecule has 0 fully saturated rings. The summed E-state index contributed by atoms with van der Waals surface area (Å²) >= 11 is -1.64. The summed E-state index contributed by atoms with van der Waals surface area (Å²) in [6, 6.07) is 0. The van der Waals surface area contributed by atoms with E-state index in [1.54, 1.807) is 7.11 Å². The average Bonchev–Trinajstić information content (AvgIpc) is 2.74. The third kappa shape index (κ3) is 25.5. The predicted molar refractivity (Wildman–Crippen MR) is 142 cm³/mol. The summed E-state index contributed by atoms with van der Waals surface area (Å²) in [7, 11) is -2.47. The van der Waals surface area contributed by atoms with E-state index in [0.29, 0.717) is 13.2 Å². The fraction of sp³-hybridized carbons (Fsp3) is 1.00. The zero-order valence-electron chi connectivity index (χ0n) is 22.4. The van der Waals surface area contributed by atoms with E-state index in [0.717, 1.165) is 11.6 Å². The van der Waals surface area contributed by atoms with Crippen molar-refractivity contribution in [3.8, 4) is 0 Å². The Kier molecular flexibility index (Phi) is 22.2. The molecule has 6 nitrogen and oxygen atoms in total. The Morgan fingerprint density at radius 1 is 0.727 bits per heavy atom. The number of methoxy groups -OCH3 is 1. The monoisotopic (exact) mass is 557 g/mol. The van der Waals surface area contributed by atoms with Crippen LogP contribution in [0.2, 0.25) is 22.3 Å². The molecule has 1 N–H and O–H groups in total. The van der Waals surface area contributed by atoms with Crippen LogP contribution in [0.1, 0.15) is 96.8 Å². The van der Waals surface area contributed by atoms with Crippen molar-refractivity contribution in [3.05, 3.63) is 0 Å². The van der Waals surface area contributed by atoms with Crippen molar-refractivity contribution in [1.82, 2.24) is 0 Å². The third-order valence-electron chi connectivity index (χ3n) is 5.72. The van der Waals surface area contributed by atoms with E-state index < -0.39 is 21.4 Å². The number of phosphoric ester groups is 1. The van der Waals surface area contributed by atoms with Crippen LogP contribution in [0.5, 0.6) is 0 Å². The zero-order valence-corrected chi connectivity index (χ0v) is 25.2. The second-order valence-electron chi connectivity index (χ2n) is 10.1. The molecule has 0 bridgehead atoms. The molecule has 2 atom stereocenters. The molecule has 33 heavy (non-hydrogen) atoms. The summed E-state index contributed by atoms with van der Waals surface area (Å²) in [5.74, 6) is 0. The van der Waals surface area contributed by atoms with Gasteiger partial charge in [0.1, 0.15) is 0 Å². The van der Waals surface area contributed by atoms with Crippen molar-refractivity contribution in [2.75, 3.05) is 33.5 Å². The molecule has 0 aromatic rings. The van der Waals surface area contributed by atoms with Gasteiger partial charge >= 0.3 is 124 Å². The normalized spacial score (nSPS) is 15.0. The van der Waals surface area contributed by atoms with Gasteiger partial charge in [-0.25, -0.2) is 0 Å². The van der Waals surface area contributed by atoms with E-state index in [1.807, 2.05) is 0 Å². The Hall–Kier alpha value is 0.588. The molecule has 0 radical (unpaired) electrons. The molecule has 2 unspecified atom stereocenters. The van der Waals surface area contributed by atoms with Crippen molar-refractivity contribution in [1.29, 1.82) is 0 Å². The fourth-order valence-corrected chi connectivity index (χ4v) is 5.85. The molecule has 8 heteroatoms. The molecule has 0 aromatic carbocycles. The van der Waals surface area contributed by atoms with E-state index in [2.05, 4.69) is 24.1 Å². The molecular formula is C25H55AsO6P+. The van der Waals surface area contributed by atoms with Crippen LogP contribution in [-0.4, -0.2) is 58.1 Å². The van der Waals surface area contributed by atoms with Crippen molar-refractivity contribution in [2.24, 2.45) is 0 Å². The van der Waals surface area contributed by atoms with Gasteiger partial charge in [0.05, 0.1) is 0 Å². The van der Waals surface area contributed by atoms with Crippen LogP contribution in [0.25, 0.3) is 0 Å². The maximum atomic E-state index is 12.0. The van der Waals surface area contributed by atoms with Crippen LogP contribution in [0.15, 0.2) is 0 Å². The quantitative estimate of drug-likeness (QED) is 0.0697. The number of phosphoric acid groups is 1. The van der Waals surface area contributed by atoms with Crippen molar-refractivity contribution in [2.45, 2.75) is 125 Å². The van der Waals surface area contributed by atoms with E-state index in [1.165, 1.54) is 83.5 Å². The van der Waals surface area contributed by atoms with E-state index in [4.69, 9.17) is 18.5 Å². The molecule has 0 aromatic heterocycles. The van der Waals surface area contributed by atoms with Gasteiger partial charge in [0.25, 0.3) is 0 Å². The van der Waals surface area contributed by atoms with Crippen molar-refractivity contribution in [3.63, 3.8) is 0 Å². The van der Waals surface area contributed by atoms with Crippen LogP contribution in [0.3, 0.4) is 0 Å². The molecule has 200 valence electrons. The Morgan fingerprint density at radius 3 is 1.67 bits per heavy atom. The van der Waals surface area contributed by atoms with Crippen LogP contribution >= 0.6 is 7.82 Å². The molecule has 0 aliphatic rings. The molecule has 0 rings (SSSR count). The summed E-state index contributed by atoms with van der Waals surface area (Å²) in [5, 5.41) is 0.849. The molecule has 0 aliphatic carbocycles. The minimum absolute atomic E-state index is 0.0152. The summed E-state index contributed by atoms with van der Waals surface area (Å²) in [6.45, 7) is 3.55. The predicted octanol–water partition coefficient (Wildman–Crippen LogP) is 7.97. The van der Waals surface area contributed by atoms with Gasteiger partial charge in [-0.2, -0.15) is 0 Å². The first kappa shape index (κ1) is 33.6. The number of ether oxygens (including phenoxy) is 2. The number of hydrogen-bond acceptors (Lipinski definition) is 5. The van der Waals surface area contributed by atoms with Crippen LogP contribution in [0.4, 0.5) is 0 Å². The van der Waals surface area contributed by atoms with Gasteiger partial charge in [0.2, 0.25) is 0 Å². The molecule has 0 spiro atoms. The molecular weight excluding hydrogens is 502 g/mol. The summed E-state index contributed by atoms with van der Waals surface area (Å²) in [5.41, 5.74) is 6.67. The van der Waals surface area contributed by atoms with Gasteiger partial charge < -0.3 is 0 Å². The topological polar surface area (TPSA) is 74.2 Å². The summed E-state index contributed by atoms with van der Waals surface area (Å²) in [6.07, 6.45) is 18.3. The van der Waals surface area contributed by atoms with Crippen molar-refractivity contribution >= 4 is 21.4 Å². The van der Waals surface area contributed by atoms with Gasteiger partial charge in [0.15, 0.2) is 0 Å². The van der Waals surface area contributed by atoms with Gasteiger partial charge in [-0.3, -0.25) is 0 Å². The van der Waals surface area contributed by atoms with Gasteiger partial charge in [-0.05, 0) is 0 Å². The van der Waals surface area contributed by atoms with E-state index in [9.17, 15) is 9.46 Å². The molecule has 0 aliphatic heterocycles. The Labute approximate surface area is 207 Å². The zero-order chi connectivity index (χ0) is 24.8. The fourth-order valence-electron chi connectivity index (χ4n) is 3.44. The number of hydrogen-bond donors (Lipinski definition) is 1. The summed E-state index contributed by atoms with van der Waals surface area (Å²) < 4.78 is 33.1. The Morgan fingerprint density at radius 2 is 1.21 bits per heavy atom. The Bertz CT molecular complexity index is 472. The van der Waals surface area contributed by atoms with E-state index in [-0.39, 0.29) is 19.3 Å². The van der Waals surface area contributed by atoms with Gasteiger partial charge in [-0.15, -0.1) is 0 Å². The van der Waals surface area contributed by atoms with Crippen LogP contribution in [0, 0.1) is 0 Å². The molecule has 0 saturated carbocycles. The molecule has 0 heterocycles. The molecule has 0 saturated heterocycles. The SMILES string of the molecule is CCCCCCCCCCCCCCCCOCC(COP(=O)(O)OCC[As+](C)(C)C)OC. The first-order valence-corrected chi connectivity index (χ1v) is 21.7. The number of rotatable bonds is 25. The van der Waals surface area contributed by atoms with Crippen molar-refractivity contribution < 1.29 is 28.0 Å². The first-order valence-electron chi connectivity index (χ1n) is 13.2.